The number of sulfonamides is 1. The lowest BCUT2D eigenvalue weighted by Gasteiger charge is -2.25. The van der Waals surface area contributed by atoms with E-state index in [1.807, 2.05) is 12.1 Å². The molecule has 0 fully saturated rings. The first-order valence-electron chi connectivity index (χ1n) is 9.83. The summed E-state index contributed by atoms with van der Waals surface area (Å²) in [6.07, 6.45) is 3.18. The van der Waals surface area contributed by atoms with Crippen LogP contribution in [0.25, 0.3) is 0 Å². The number of aliphatic hydroxyl groups is 1. The zero-order valence-electron chi connectivity index (χ0n) is 16.8. The normalized spacial score (nSPS) is 17.2. The molecule has 0 aromatic heterocycles. The number of aryl methyl sites for hydroxylation is 1. The van der Waals surface area contributed by atoms with E-state index in [-0.39, 0.29) is 18.0 Å². The van der Waals surface area contributed by atoms with Gasteiger partial charge >= 0.3 is 0 Å². The van der Waals surface area contributed by atoms with Gasteiger partial charge in [-0.05, 0) is 67.1 Å². The maximum absolute atomic E-state index is 11.3. The molecular formula is C21H28N2O6S. The number of benzene rings is 2. The second kappa shape index (κ2) is 9.55. The molecule has 8 nitrogen and oxygen atoms in total. The summed E-state index contributed by atoms with van der Waals surface area (Å²) in [5, 5.41) is 32.8. The molecule has 2 aromatic rings. The van der Waals surface area contributed by atoms with E-state index in [2.05, 4.69) is 10.0 Å². The highest BCUT2D eigenvalue weighted by Crippen LogP contribution is 2.29. The second-order valence-corrected chi connectivity index (χ2v) is 9.49. The third-order valence-electron chi connectivity index (χ3n) is 5.04. The highest BCUT2D eigenvalue weighted by molar-refractivity contribution is 7.92. The maximum Gasteiger partial charge on any atom is 0.229 e. The van der Waals surface area contributed by atoms with Gasteiger partial charge in [-0.15, -0.1) is 0 Å². The molecule has 0 saturated heterocycles. The lowest BCUT2D eigenvalue weighted by Crippen LogP contribution is -2.35. The average molecular weight is 437 g/mol. The van der Waals surface area contributed by atoms with Crippen molar-refractivity contribution in [3.63, 3.8) is 0 Å². The molecule has 3 rings (SSSR count). The summed E-state index contributed by atoms with van der Waals surface area (Å²) in [6, 6.07) is 9.72. The standard InChI is InChI=1S/C21H28N2O6S/c1-30(27,28)23-20-10-19(6-7-21(20)26)29-13-18(25)12-22-11-14-2-3-15-4-5-17(24)9-16(15)8-14/h4-7,9-10,14,18,22-26H,2-3,8,11-13H2,1H3/t14?,18-/m1/s1. The Kier molecular flexibility index (Phi) is 7.06. The SMILES string of the molecule is CS(=O)(=O)Nc1cc(OC[C@H](O)CNCC2CCc3ccc(O)cc3C2)ccc1O. The van der Waals surface area contributed by atoms with Crippen LogP contribution in [0.1, 0.15) is 17.5 Å². The van der Waals surface area contributed by atoms with Crippen molar-refractivity contribution < 1.29 is 28.5 Å². The third kappa shape index (κ3) is 6.51. The van der Waals surface area contributed by atoms with E-state index in [0.717, 1.165) is 32.1 Å². The van der Waals surface area contributed by atoms with Crippen LogP contribution >= 0.6 is 0 Å². The Morgan fingerprint density at radius 2 is 1.97 bits per heavy atom. The summed E-state index contributed by atoms with van der Waals surface area (Å²) >= 11 is 0. The molecule has 164 valence electrons. The number of phenols is 2. The van der Waals surface area contributed by atoms with Crippen molar-refractivity contribution in [3.05, 3.63) is 47.5 Å². The van der Waals surface area contributed by atoms with Gasteiger partial charge in [0.25, 0.3) is 0 Å². The smallest absolute Gasteiger partial charge is 0.229 e. The van der Waals surface area contributed by atoms with Crippen LogP contribution in [0.5, 0.6) is 17.2 Å². The minimum absolute atomic E-state index is 0.0197. The van der Waals surface area contributed by atoms with Crippen LogP contribution < -0.4 is 14.8 Å². The molecule has 5 N–H and O–H groups in total. The van der Waals surface area contributed by atoms with Crippen LogP contribution in [0, 0.1) is 5.92 Å². The molecule has 1 unspecified atom stereocenters. The molecule has 0 spiro atoms. The maximum atomic E-state index is 11.3. The molecule has 0 amide bonds. The monoisotopic (exact) mass is 436 g/mol. The van der Waals surface area contributed by atoms with Crippen LogP contribution in [-0.2, 0) is 22.9 Å². The Balaban J connectivity index is 1.42. The van der Waals surface area contributed by atoms with Gasteiger partial charge in [0.15, 0.2) is 0 Å². The number of anilines is 1. The molecule has 0 heterocycles. The Bertz CT molecular complexity index is 979. The van der Waals surface area contributed by atoms with Crippen molar-refractivity contribution in [2.24, 2.45) is 5.92 Å². The number of fused-ring (bicyclic) bond motifs is 1. The Morgan fingerprint density at radius 1 is 1.17 bits per heavy atom. The molecule has 2 atom stereocenters. The lowest BCUT2D eigenvalue weighted by atomic mass is 9.84. The van der Waals surface area contributed by atoms with E-state index in [1.165, 1.54) is 29.3 Å². The molecule has 30 heavy (non-hydrogen) atoms. The Hall–Kier alpha value is -2.49. The van der Waals surface area contributed by atoms with E-state index < -0.39 is 16.1 Å². The highest BCUT2D eigenvalue weighted by Gasteiger charge is 2.19. The minimum atomic E-state index is -3.53. The van der Waals surface area contributed by atoms with Gasteiger partial charge in [0.05, 0.1) is 11.9 Å². The predicted octanol–water partition coefficient (Wildman–Crippen LogP) is 1.60. The van der Waals surface area contributed by atoms with Gasteiger partial charge in [-0.3, -0.25) is 4.72 Å². The number of hydrogen-bond acceptors (Lipinski definition) is 7. The third-order valence-corrected chi connectivity index (χ3v) is 5.63. The number of rotatable bonds is 9. The van der Waals surface area contributed by atoms with Gasteiger partial charge < -0.3 is 25.4 Å². The summed E-state index contributed by atoms with van der Waals surface area (Å²) in [5.74, 6) is 0.854. The summed E-state index contributed by atoms with van der Waals surface area (Å²) in [7, 11) is -3.53. The van der Waals surface area contributed by atoms with Gasteiger partial charge in [-0.25, -0.2) is 8.42 Å². The zero-order chi connectivity index (χ0) is 21.7. The quantitative estimate of drug-likeness (QED) is 0.378. The van der Waals surface area contributed by atoms with Crippen molar-refractivity contribution in [1.82, 2.24) is 5.32 Å². The van der Waals surface area contributed by atoms with E-state index >= 15 is 0 Å². The number of ether oxygens (including phenoxy) is 1. The molecule has 2 aromatic carbocycles. The Labute approximate surface area is 176 Å². The molecule has 0 saturated carbocycles. The first-order chi connectivity index (χ1) is 14.2. The van der Waals surface area contributed by atoms with Crippen molar-refractivity contribution in [3.8, 4) is 17.2 Å². The van der Waals surface area contributed by atoms with Gasteiger partial charge in [0, 0.05) is 12.6 Å². The fourth-order valence-corrected chi connectivity index (χ4v) is 4.15. The largest absolute Gasteiger partial charge is 0.508 e. The van der Waals surface area contributed by atoms with Crippen molar-refractivity contribution in [2.45, 2.75) is 25.4 Å². The zero-order valence-corrected chi connectivity index (χ0v) is 17.7. The van der Waals surface area contributed by atoms with E-state index in [4.69, 9.17) is 4.74 Å². The summed E-state index contributed by atoms with van der Waals surface area (Å²) in [5.41, 5.74) is 2.49. The van der Waals surface area contributed by atoms with Crippen molar-refractivity contribution in [1.29, 1.82) is 0 Å². The lowest BCUT2D eigenvalue weighted by molar-refractivity contribution is 0.105. The van der Waals surface area contributed by atoms with Crippen LogP contribution in [0.3, 0.4) is 0 Å². The topological polar surface area (TPSA) is 128 Å². The average Bonchev–Trinajstić information content (AvgIpc) is 2.67. The fraction of sp³-hybridized carbons (Fsp3) is 0.429. The molecule has 0 bridgehead atoms. The molecule has 9 heteroatoms. The summed E-state index contributed by atoms with van der Waals surface area (Å²) < 4.78 is 30.4. The summed E-state index contributed by atoms with van der Waals surface area (Å²) in [6.45, 7) is 1.14. The van der Waals surface area contributed by atoms with Gasteiger partial charge in [0.1, 0.15) is 30.0 Å². The van der Waals surface area contributed by atoms with Crippen molar-refractivity contribution in [2.75, 3.05) is 30.7 Å². The summed E-state index contributed by atoms with van der Waals surface area (Å²) in [4.78, 5) is 0. The Morgan fingerprint density at radius 3 is 2.73 bits per heavy atom. The van der Waals surface area contributed by atoms with Gasteiger partial charge in [-0.2, -0.15) is 0 Å². The van der Waals surface area contributed by atoms with Crippen LogP contribution in [-0.4, -0.2) is 55.8 Å². The number of nitrogens with one attached hydrogen (secondary N) is 2. The highest BCUT2D eigenvalue weighted by atomic mass is 32.2. The first-order valence-corrected chi connectivity index (χ1v) is 11.7. The van der Waals surface area contributed by atoms with Crippen molar-refractivity contribution >= 4 is 15.7 Å². The number of phenolic OH excluding ortho intramolecular Hbond substituents is 2. The molecule has 1 aliphatic rings. The molecular weight excluding hydrogens is 408 g/mol. The molecule has 0 aliphatic heterocycles. The number of aliphatic hydroxyl groups excluding tert-OH is 1. The van der Waals surface area contributed by atoms with E-state index in [9.17, 15) is 23.7 Å². The fourth-order valence-electron chi connectivity index (χ4n) is 3.59. The number of aromatic hydroxyl groups is 2. The minimum Gasteiger partial charge on any atom is -0.508 e. The second-order valence-electron chi connectivity index (χ2n) is 7.74. The van der Waals surface area contributed by atoms with Crippen LogP contribution in [0.2, 0.25) is 0 Å². The van der Waals surface area contributed by atoms with Crippen LogP contribution in [0.4, 0.5) is 5.69 Å². The van der Waals surface area contributed by atoms with E-state index in [1.54, 1.807) is 6.07 Å². The predicted molar refractivity (Wildman–Crippen MR) is 115 cm³/mol. The van der Waals surface area contributed by atoms with Crippen LogP contribution in [0.15, 0.2) is 36.4 Å². The van der Waals surface area contributed by atoms with Gasteiger partial charge in [0.2, 0.25) is 10.0 Å². The number of hydrogen-bond donors (Lipinski definition) is 5. The molecule has 1 aliphatic carbocycles. The first kappa shape index (κ1) is 22.2. The van der Waals surface area contributed by atoms with E-state index in [0.29, 0.717) is 24.0 Å². The molecule has 0 radical (unpaired) electrons. The van der Waals surface area contributed by atoms with Gasteiger partial charge in [-0.1, -0.05) is 6.07 Å².